The maximum absolute atomic E-state index is 13.2. The fraction of sp³-hybridized carbons (Fsp3) is 0.762. The number of thiol groups is 3. The van der Waals surface area contributed by atoms with Crippen LogP contribution in [0.2, 0.25) is 0 Å². The number of amides is 4. The number of hydrogen-bond donors (Lipinski definition) is 9. The van der Waals surface area contributed by atoms with Crippen LogP contribution in [0.3, 0.4) is 0 Å². The Morgan fingerprint density at radius 1 is 0.686 bits per heavy atom. The van der Waals surface area contributed by atoms with Crippen molar-refractivity contribution in [2.75, 3.05) is 17.3 Å². The molecule has 0 aromatic heterocycles. The molecular formula is C21H39N5O6S3. The van der Waals surface area contributed by atoms with Crippen LogP contribution in [0.5, 0.6) is 0 Å². The van der Waals surface area contributed by atoms with Crippen LogP contribution in [-0.4, -0.2) is 82.2 Å². The Bertz CT molecular complexity index is 744. The van der Waals surface area contributed by atoms with Gasteiger partial charge in [0.2, 0.25) is 23.6 Å². The van der Waals surface area contributed by atoms with Crippen LogP contribution in [0.25, 0.3) is 0 Å². The van der Waals surface area contributed by atoms with Gasteiger partial charge in [-0.1, -0.05) is 40.5 Å². The average molecular weight is 554 g/mol. The molecule has 0 saturated carbocycles. The Morgan fingerprint density at radius 3 is 1.46 bits per heavy atom. The van der Waals surface area contributed by atoms with Crippen molar-refractivity contribution in [3.05, 3.63) is 0 Å². The molecule has 0 saturated heterocycles. The van der Waals surface area contributed by atoms with Crippen molar-refractivity contribution in [3.8, 4) is 0 Å². The van der Waals surface area contributed by atoms with Gasteiger partial charge in [-0.05, 0) is 11.8 Å². The molecule has 0 aromatic rings. The van der Waals surface area contributed by atoms with E-state index in [-0.39, 0.29) is 29.1 Å². The van der Waals surface area contributed by atoms with Crippen LogP contribution in [0.15, 0.2) is 0 Å². The SMILES string of the molecule is CC[C@H](C)[C@H](NC(=O)[C@H](CS)NC(=O)[C@@H](N)CS)C(=O)N[C@H](C(=O)N[C@@H](CS)C(=O)O)[C@@H](C)CC. The topological polar surface area (TPSA) is 180 Å². The largest absolute Gasteiger partial charge is 0.480 e. The monoisotopic (exact) mass is 553 g/mol. The van der Waals surface area contributed by atoms with Gasteiger partial charge in [-0.25, -0.2) is 4.79 Å². The highest BCUT2D eigenvalue weighted by Gasteiger charge is 2.34. The molecule has 7 atom stereocenters. The predicted molar refractivity (Wildman–Crippen MR) is 144 cm³/mol. The quantitative estimate of drug-likeness (QED) is 0.112. The van der Waals surface area contributed by atoms with Gasteiger partial charge >= 0.3 is 5.97 Å². The zero-order valence-electron chi connectivity index (χ0n) is 20.5. The molecule has 202 valence electrons. The second kappa shape index (κ2) is 16.9. The maximum atomic E-state index is 13.2. The summed E-state index contributed by atoms with van der Waals surface area (Å²) in [6.07, 6.45) is 1.05. The van der Waals surface area contributed by atoms with E-state index in [0.717, 1.165) is 0 Å². The Kier molecular flexibility index (Phi) is 16.1. The molecule has 0 bridgehead atoms. The van der Waals surface area contributed by atoms with Gasteiger partial charge in [0.15, 0.2) is 0 Å². The number of nitrogens with two attached hydrogens (primary N) is 1. The van der Waals surface area contributed by atoms with Crippen LogP contribution < -0.4 is 27.0 Å². The minimum atomic E-state index is -1.25. The van der Waals surface area contributed by atoms with E-state index < -0.39 is 59.8 Å². The molecule has 0 heterocycles. The molecule has 0 spiro atoms. The fourth-order valence-electron chi connectivity index (χ4n) is 2.90. The van der Waals surface area contributed by atoms with Crippen molar-refractivity contribution in [2.45, 2.75) is 70.7 Å². The van der Waals surface area contributed by atoms with Crippen molar-refractivity contribution in [2.24, 2.45) is 17.6 Å². The Morgan fingerprint density at radius 2 is 1.09 bits per heavy atom. The molecule has 4 amide bonds. The number of carbonyl (C=O) groups is 5. The second-order valence-corrected chi connectivity index (χ2v) is 9.45. The highest BCUT2D eigenvalue weighted by Crippen LogP contribution is 2.13. The zero-order chi connectivity index (χ0) is 27.3. The summed E-state index contributed by atoms with van der Waals surface area (Å²) >= 11 is 12.0. The Hall–Kier alpha value is -1.64. The van der Waals surface area contributed by atoms with Crippen molar-refractivity contribution in [1.29, 1.82) is 0 Å². The van der Waals surface area contributed by atoms with Gasteiger partial charge in [0.05, 0.1) is 6.04 Å². The van der Waals surface area contributed by atoms with Crippen molar-refractivity contribution in [1.82, 2.24) is 21.3 Å². The molecule has 11 nitrogen and oxygen atoms in total. The summed E-state index contributed by atoms with van der Waals surface area (Å²) < 4.78 is 0. The van der Waals surface area contributed by atoms with E-state index in [2.05, 4.69) is 59.2 Å². The highest BCUT2D eigenvalue weighted by molar-refractivity contribution is 7.80. The first-order valence-corrected chi connectivity index (χ1v) is 13.3. The molecule has 35 heavy (non-hydrogen) atoms. The van der Waals surface area contributed by atoms with Gasteiger partial charge in [0, 0.05) is 17.3 Å². The van der Waals surface area contributed by atoms with Gasteiger partial charge in [-0.2, -0.15) is 37.9 Å². The van der Waals surface area contributed by atoms with Crippen LogP contribution in [0, 0.1) is 11.8 Å². The third kappa shape index (κ3) is 10.9. The van der Waals surface area contributed by atoms with Crippen molar-refractivity contribution in [3.63, 3.8) is 0 Å². The van der Waals surface area contributed by atoms with E-state index in [0.29, 0.717) is 12.8 Å². The maximum Gasteiger partial charge on any atom is 0.327 e. The zero-order valence-corrected chi connectivity index (χ0v) is 23.2. The third-order valence-electron chi connectivity index (χ3n) is 5.73. The Balaban J connectivity index is 5.67. The van der Waals surface area contributed by atoms with Crippen LogP contribution in [0.1, 0.15) is 40.5 Å². The van der Waals surface area contributed by atoms with E-state index >= 15 is 0 Å². The molecule has 0 aliphatic rings. The Labute approximate surface area is 223 Å². The summed E-state index contributed by atoms with van der Waals surface area (Å²) in [7, 11) is 0. The third-order valence-corrected chi connectivity index (χ3v) is 6.86. The lowest BCUT2D eigenvalue weighted by Crippen LogP contribution is -2.61. The number of nitrogens with one attached hydrogen (secondary N) is 4. The summed E-state index contributed by atoms with van der Waals surface area (Å²) in [5.41, 5.74) is 5.64. The first-order valence-electron chi connectivity index (χ1n) is 11.4. The summed E-state index contributed by atoms with van der Waals surface area (Å²) in [4.78, 5) is 62.3. The number of hydrogen-bond acceptors (Lipinski definition) is 9. The molecule has 0 aliphatic carbocycles. The van der Waals surface area contributed by atoms with E-state index in [4.69, 9.17) is 5.73 Å². The lowest BCUT2D eigenvalue weighted by atomic mass is 9.94. The molecule has 0 aliphatic heterocycles. The van der Waals surface area contributed by atoms with Crippen molar-refractivity contribution >= 4 is 67.5 Å². The van der Waals surface area contributed by atoms with E-state index in [1.807, 2.05) is 13.8 Å². The lowest BCUT2D eigenvalue weighted by molar-refractivity contribution is -0.142. The average Bonchev–Trinajstić information content (AvgIpc) is 2.84. The van der Waals surface area contributed by atoms with Gasteiger partial charge in [0.25, 0.3) is 0 Å². The standard InChI is InChI=1S/C21H39N5O6S3/c1-5-10(3)15(19(29)24-14(9-35)21(31)32)26-20(30)16(11(4)6-2)25-18(28)13(8-34)23-17(27)12(22)7-33/h10-16,33-35H,5-9,22H2,1-4H3,(H,23,27)(H,24,29)(H,25,28)(H,26,30)(H,31,32)/t10-,11-,12-,13-,14-,15-,16-/m0/s1. The molecule has 0 aromatic carbocycles. The second-order valence-electron chi connectivity index (χ2n) is 8.36. The van der Waals surface area contributed by atoms with E-state index in [1.165, 1.54) is 0 Å². The van der Waals surface area contributed by atoms with Crippen LogP contribution in [-0.2, 0) is 24.0 Å². The number of carboxylic acids is 1. The number of aliphatic carboxylic acids is 1. The van der Waals surface area contributed by atoms with Gasteiger partial charge in [-0.3, -0.25) is 19.2 Å². The molecule has 0 radical (unpaired) electrons. The molecule has 0 fully saturated rings. The number of rotatable bonds is 16. The summed E-state index contributed by atoms with van der Waals surface area (Å²) in [6, 6.07) is -5.24. The minimum Gasteiger partial charge on any atom is -0.480 e. The van der Waals surface area contributed by atoms with Gasteiger partial charge in [0.1, 0.15) is 24.2 Å². The predicted octanol–water partition coefficient (Wildman–Crippen LogP) is -0.781. The van der Waals surface area contributed by atoms with Crippen LogP contribution >= 0.6 is 37.9 Å². The van der Waals surface area contributed by atoms with Gasteiger partial charge < -0.3 is 32.1 Å². The lowest BCUT2D eigenvalue weighted by Gasteiger charge is -2.30. The molecule has 7 N–H and O–H groups in total. The number of carboxylic acid groups (broad SMARTS) is 1. The highest BCUT2D eigenvalue weighted by atomic mass is 32.1. The van der Waals surface area contributed by atoms with Crippen LogP contribution in [0.4, 0.5) is 0 Å². The minimum absolute atomic E-state index is 0.0378. The smallest absolute Gasteiger partial charge is 0.327 e. The summed E-state index contributed by atoms with van der Waals surface area (Å²) in [5, 5.41) is 19.4. The van der Waals surface area contributed by atoms with Gasteiger partial charge in [-0.15, -0.1) is 0 Å². The first-order chi connectivity index (χ1) is 16.4. The summed E-state index contributed by atoms with van der Waals surface area (Å²) in [6.45, 7) is 7.17. The summed E-state index contributed by atoms with van der Waals surface area (Å²) in [5.74, 6) is -4.45. The normalized spacial score (nSPS) is 17.0. The molecule has 0 unspecified atom stereocenters. The molecule has 14 heteroatoms. The first kappa shape index (κ1) is 33.4. The van der Waals surface area contributed by atoms with E-state index in [1.54, 1.807) is 13.8 Å². The fourth-order valence-corrected chi connectivity index (χ4v) is 3.57. The molecular weight excluding hydrogens is 514 g/mol. The molecule has 0 rings (SSSR count). The van der Waals surface area contributed by atoms with Crippen molar-refractivity contribution < 1.29 is 29.1 Å². The number of carbonyl (C=O) groups excluding carboxylic acids is 4. The van der Waals surface area contributed by atoms with E-state index in [9.17, 15) is 29.1 Å².